The Balaban J connectivity index is 0.00000176. The summed E-state index contributed by atoms with van der Waals surface area (Å²) in [5.41, 5.74) is 6.35. The van der Waals surface area contributed by atoms with Gasteiger partial charge in [0.15, 0.2) is 0 Å². The first-order chi connectivity index (χ1) is 9.83. The van der Waals surface area contributed by atoms with Gasteiger partial charge in [0, 0.05) is 12.2 Å². The van der Waals surface area contributed by atoms with Gasteiger partial charge in [-0.25, -0.2) is 0 Å². The van der Waals surface area contributed by atoms with E-state index in [2.05, 4.69) is 10.4 Å². The largest absolute Gasteiger partial charge is 0.408 e. The molecule has 2 aliphatic carbocycles. The molecule has 0 aromatic carbocycles. The Kier molecular flexibility index (Phi) is 4.72. The van der Waals surface area contributed by atoms with Gasteiger partial charge >= 0.3 is 6.18 Å². The summed E-state index contributed by atoms with van der Waals surface area (Å²) in [6, 6.07) is -0.144. The third kappa shape index (κ3) is 3.38. The predicted octanol–water partition coefficient (Wildman–Crippen LogP) is 2.18. The van der Waals surface area contributed by atoms with Crippen LogP contribution in [0.15, 0.2) is 12.4 Å². The molecule has 0 saturated heterocycles. The van der Waals surface area contributed by atoms with Crippen LogP contribution in [0.2, 0.25) is 0 Å². The van der Waals surface area contributed by atoms with E-state index in [1.807, 2.05) is 0 Å². The Labute approximate surface area is 131 Å². The topological polar surface area (TPSA) is 72.9 Å². The molecule has 3 rings (SSSR count). The summed E-state index contributed by atoms with van der Waals surface area (Å²) in [6.45, 7) is -1.17. The number of alkyl halides is 3. The maximum atomic E-state index is 12.3. The highest BCUT2D eigenvalue weighted by atomic mass is 35.5. The maximum Gasteiger partial charge on any atom is 0.408 e. The van der Waals surface area contributed by atoms with Crippen LogP contribution in [0.3, 0.4) is 0 Å². The average Bonchev–Trinajstić information content (AvgIpc) is 3.03. The molecule has 3 N–H and O–H groups in total. The zero-order valence-electron chi connectivity index (χ0n) is 11.7. The summed E-state index contributed by atoms with van der Waals surface area (Å²) < 4.78 is 37.5. The molecule has 9 heteroatoms. The number of anilines is 1. The first-order valence-corrected chi connectivity index (χ1v) is 6.99. The van der Waals surface area contributed by atoms with Crippen molar-refractivity contribution in [2.24, 2.45) is 23.5 Å². The molecule has 2 saturated carbocycles. The molecule has 0 aliphatic heterocycles. The average molecular weight is 339 g/mol. The van der Waals surface area contributed by atoms with E-state index in [1.54, 1.807) is 0 Å². The zero-order chi connectivity index (χ0) is 15.2. The molecular weight excluding hydrogens is 321 g/mol. The lowest BCUT2D eigenvalue weighted by atomic mass is 9.84. The number of halogens is 4. The quantitative estimate of drug-likeness (QED) is 0.887. The summed E-state index contributed by atoms with van der Waals surface area (Å²) in [7, 11) is 0. The number of hydrogen-bond donors (Lipinski definition) is 2. The zero-order valence-corrected chi connectivity index (χ0v) is 12.5. The Morgan fingerprint density at radius 1 is 1.41 bits per heavy atom. The number of aromatic nitrogens is 2. The van der Waals surface area contributed by atoms with Crippen molar-refractivity contribution in [2.75, 3.05) is 5.32 Å². The lowest BCUT2D eigenvalue weighted by Crippen LogP contribution is -2.42. The van der Waals surface area contributed by atoms with Crippen molar-refractivity contribution in [3.8, 4) is 0 Å². The number of nitrogens with one attached hydrogen (secondary N) is 1. The molecule has 1 amide bonds. The Hall–Kier alpha value is -1.28. The fourth-order valence-corrected chi connectivity index (χ4v) is 3.65. The van der Waals surface area contributed by atoms with Crippen LogP contribution in [-0.4, -0.2) is 27.9 Å². The van der Waals surface area contributed by atoms with Crippen molar-refractivity contribution < 1.29 is 18.0 Å². The van der Waals surface area contributed by atoms with Gasteiger partial charge in [-0.05, 0) is 31.1 Å². The molecule has 22 heavy (non-hydrogen) atoms. The first kappa shape index (κ1) is 17.1. The number of fused-ring (bicyclic) bond motifs is 2. The second kappa shape index (κ2) is 6.08. The molecule has 0 radical (unpaired) electrons. The van der Waals surface area contributed by atoms with Gasteiger partial charge in [0.2, 0.25) is 5.91 Å². The predicted molar refractivity (Wildman–Crippen MR) is 76.5 cm³/mol. The maximum absolute atomic E-state index is 12.3. The van der Waals surface area contributed by atoms with Crippen LogP contribution in [0.1, 0.15) is 19.3 Å². The van der Waals surface area contributed by atoms with E-state index in [1.165, 1.54) is 12.4 Å². The summed E-state index contributed by atoms with van der Waals surface area (Å²) in [5, 5.41) is 6.23. The van der Waals surface area contributed by atoms with Crippen LogP contribution in [0.25, 0.3) is 0 Å². The van der Waals surface area contributed by atoms with Crippen LogP contribution in [0.5, 0.6) is 0 Å². The van der Waals surface area contributed by atoms with E-state index < -0.39 is 12.7 Å². The molecule has 2 fully saturated rings. The van der Waals surface area contributed by atoms with Gasteiger partial charge in [-0.2, -0.15) is 18.3 Å². The lowest BCUT2D eigenvalue weighted by molar-refractivity contribution is -0.142. The summed E-state index contributed by atoms with van der Waals surface area (Å²) in [5.74, 6) is 0.255. The van der Waals surface area contributed by atoms with Crippen molar-refractivity contribution in [3.05, 3.63) is 12.4 Å². The molecule has 5 nitrogen and oxygen atoms in total. The van der Waals surface area contributed by atoms with E-state index in [0.717, 1.165) is 23.9 Å². The first-order valence-electron chi connectivity index (χ1n) is 6.99. The van der Waals surface area contributed by atoms with Gasteiger partial charge < -0.3 is 11.1 Å². The fourth-order valence-electron chi connectivity index (χ4n) is 3.65. The molecule has 1 aromatic rings. The number of rotatable bonds is 3. The number of nitrogens with two attached hydrogens (primary N) is 1. The number of hydrogen-bond acceptors (Lipinski definition) is 3. The molecular formula is C13H18ClF3N4O. The van der Waals surface area contributed by atoms with Crippen molar-refractivity contribution in [3.63, 3.8) is 0 Å². The van der Waals surface area contributed by atoms with Gasteiger partial charge in [-0.15, -0.1) is 12.4 Å². The van der Waals surface area contributed by atoms with Crippen LogP contribution >= 0.6 is 12.4 Å². The number of carbonyl (C=O) groups excluding carboxylic acids is 1. The van der Waals surface area contributed by atoms with Crippen molar-refractivity contribution in [1.82, 2.24) is 9.78 Å². The third-order valence-corrected chi connectivity index (χ3v) is 4.53. The summed E-state index contributed by atoms with van der Waals surface area (Å²) in [4.78, 5) is 12.3. The van der Waals surface area contributed by atoms with E-state index >= 15 is 0 Å². The highest BCUT2D eigenvalue weighted by molar-refractivity contribution is 5.93. The molecule has 0 spiro atoms. The Bertz CT molecular complexity index is 546. The monoisotopic (exact) mass is 338 g/mol. The van der Waals surface area contributed by atoms with Crippen molar-refractivity contribution >= 4 is 24.0 Å². The molecule has 1 aromatic heterocycles. The highest BCUT2D eigenvalue weighted by Crippen LogP contribution is 2.47. The van der Waals surface area contributed by atoms with Crippen molar-refractivity contribution in [1.29, 1.82) is 0 Å². The standard InChI is InChI=1S/C13H17F3N4O.ClH/c14-13(15,16)6-20-5-9(4-18-20)19-12(21)10-7-1-2-8(3-7)11(10)17;/h4-5,7-8,10-11H,1-3,6,17H2,(H,19,21);1H. The van der Waals surface area contributed by atoms with E-state index in [4.69, 9.17) is 5.73 Å². The van der Waals surface area contributed by atoms with Crippen LogP contribution in [-0.2, 0) is 11.3 Å². The van der Waals surface area contributed by atoms with E-state index in [9.17, 15) is 18.0 Å². The number of nitrogens with zero attached hydrogens (tertiary/aromatic N) is 2. The van der Waals surface area contributed by atoms with E-state index in [-0.39, 0.29) is 36.0 Å². The molecule has 2 bridgehead atoms. The third-order valence-electron chi connectivity index (χ3n) is 4.53. The van der Waals surface area contributed by atoms with Gasteiger partial charge in [0.1, 0.15) is 6.54 Å². The smallest absolute Gasteiger partial charge is 0.327 e. The number of amides is 1. The van der Waals surface area contributed by atoms with Gasteiger partial charge in [-0.1, -0.05) is 0 Å². The minimum absolute atomic E-state index is 0. The minimum atomic E-state index is -4.33. The van der Waals surface area contributed by atoms with Gasteiger partial charge in [0.25, 0.3) is 0 Å². The van der Waals surface area contributed by atoms with Crippen molar-refractivity contribution in [2.45, 2.75) is 38.0 Å². The molecule has 2 aliphatic rings. The van der Waals surface area contributed by atoms with E-state index in [0.29, 0.717) is 11.8 Å². The van der Waals surface area contributed by atoms with Gasteiger partial charge in [-0.3, -0.25) is 9.48 Å². The summed E-state index contributed by atoms with van der Waals surface area (Å²) in [6.07, 6.45) is 1.13. The second-order valence-electron chi connectivity index (χ2n) is 5.97. The lowest BCUT2D eigenvalue weighted by Gasteiger charge is -2.26. The SMILES string of the molecule is Cl.NC1C2CCC(C2)C1C(=O)Nc1cnn(CC(F)(F)F)c1. The number of carbonyl (C=O) groups is 1. The second-order valence-corrected chi connectivity index (χ2v) is 5.97. The molecule has 4 unspecified atom stereocenters. The summed E-state index contributed by atoms with van der Waals surface area (Å²) >= 11 is 0. The van der Waals surface area contributed by atoms with Crippen LogP contribution in [0, 0.1) is 17.8 Å². The molecule has 124 valence electrons. The molecule has 1 heterocycles. The highest BCUT2D eigenvalue weighted by Gasteiger charge is 2.49. The Morgan fingerprint density at radius 3 is 2.68 bits per heavy atom. The van der Waals surface area contributed by atoms with Crippen LogP contribution < -0.4 is 11.1 Å². The van der Waals surface area contributed by atoms with Crippen LogP contribution in [0.4, 0.5) is 18.9 Å². The van der Waals surface area contributed by atoms with Gasteiger partial charge in [0.05, 0.1) is 17.8 Å². The normalized spacial score (nSPS) is 30.2. The molecule has 4 atom stereocenters. The minimum Gasteiger partial charge on any atom is -0.327 e. The fraction of sp³-hybridized carbons (Fsp3) is 0.692. The Morgan fingerprint density at radius 2 is 2.09 bits per heavy atom.